The Balaban J connectivity index is 2.06. The molecule has 0 amide bonds. The highest BCUT2D eigenvalue weighted by molar-refractivity contribution is 5.53. The van der Waals surface area contributed by atoms with Crippen LogP contribution in [0.1, 0.15) is 11.4 Å². The first-order valence-corrected chi connectivity index (χ1v) is 5.66. The highest BCUT2D eigenvalue weighted by Crippen LogP contribution is 2.20. The molecule has 94 valence electrons. The quantitative estimate of drug-likeness (QED) is 0.860. The second-order valence-corrected chi connectivity index (χ2v) is 3.92. The summed E-state index contributed by atoms with van der Waals surface area (Å²) in [7, 11) is 1.55. The molecule has 0 fully saturated rings. The second-order valence-electron chi connectivity index (χ2n) is 3.92. The molecule has 0 saturated heterocycles. The highest BCUT2D eigenvalue weighted by Gasteiger charge is 2.03. The van der Waals surface area contributed by atoms with Gasteiger partial charge >= 0.3 is 0 Å². The number of hydrogen-bond donors (Lipinski definition) is 2. The maximum atomic E-state index is 5.70. The Labute approximate surface area is 106 Å². The van der Waals surface area contributed by atoms with Gasteiger partial charge in [0.05, 0.1) is 25.0 Å². The number of anilines is 2. The Morgan fingerprint density at radius 3 is 2.78 bits per heavy atom. The summed E-state index contributed by atoms with van der Waals surface area (Å²) in [6.45, 7) is 2.58. The summed E-state index contributed by atoms with van der Waals surface area (Å²) in [4.78, 5) is 8.64. The van der Waals surface area contributed by atoms with Crippen LogP contribution < -0.4 is 15.8 Å². The molecule has 0 spiro atoms. The minimum Gasteiger partial charge on any atom is -0.479 e. The standard InChI is InChI=1S/C13H16N4O/c1-9-4-3-5-10(16-9)8-15-12-7-6-11(14)13(17-12)18-2/h3-7H,8,14H2,1-2H3,(H,15,17). The van der Waals surface area contributed by atoms with Crippen molar-refractivity contribution in [2.75, 3.05) is 18.2 Å². The Hall–Kier alpha value is -2.30. The zero-order chi connectivity index (χ0) is 13.0. The van der Waals surface area contributed by atoms with Gasteiger partial charge in [-0.15, -0.1) is 0 Å². The molecule has 0 bridgehead atoms. The van der Waals surface area contributed by atoms with Crippen molar-refractivity contribution < 1.29 is 4.74 Å². The van der Waals surface area contributed by atoms with E-state index in [1.165, 1.54) is 0 Å². The molecule has 3 N–H and O–H groups in total. The molecule has 0 aliphatic heterocycles. The van der Waals surface area contributed by atoms with Crippen LogP contribution in [0.3, 0.4) is 0 Å². The molecule has 5 nitrogen and oxygen atoms in total. The van der Waals surface area contributed by atoms with Crippen LogP contribution >= 0.6 is 0 Å². The van der Waals surface area contributed by atoms with Crippen LogP contribution in [-0.4, -0.2) is 17.1 Å². The summed E-state index contributed by atoms with van der Waals surface area (Å²) in [5.41, 5.74) is 8.19. The van der Waals surface area contributed by atoms with Crippen molar-refractivity contribution in [3.05, 3.63) is 41.7 Å². The van der Waals surface area contributed by atoms with Crippen LogP contribution in [0.2, 0.25) is 0 Å². The van der Waals surface area contributed by atoms with E-state index in [4.69, 9.17) is 10.5 Å². The lowest BCUT2D eigenvalue weighted by molar-refractivity contribution is 0.401. The van der Waals surface area contributed by atoms with Crippen molar-refractivity contribution in [1.29, 1.82) is 0 Å². The Morgan fingerprint density at radius 2 is 2.06 bits per heavy atom. The number of aryl methyl sites for hydroxylation is 1. The third-order valence-electron chi connectivity index (χ3n) is 2.48. The second kappa shape index (κ2) is 5.35. The molecule has 0 aromatic carbocycles. The van der Waals surface area contributed by atoms with Crippen molar-refractivity contribution >= 4 is 11.5 Å². The van der Waals surface area contributed by atoms with E-state index in [1.54, 1.807) is 13.2 Å². The minimum absolute atomic E-state index is 0.428. The SMILES string of the molecule is COc1nc(NCc2cccc(C)n2)ccc1N. The van der Waals surface area contributed by atoms with E-state index in [2.05, 4.69) is 15.3 Å². The zero-order valence-electron chi connectivity index (χ0n) is 10.5. The molecule has 0 saturated carbocycles. The van der Waals surface area contributed by atoms with E-state index >= 15 is 0 Å². The maximum Gasteiger partial charge on any atom is 0.238 e. The number of nitrogens with two attached hydrogens (primary N) is 1. The van der Waals surface area contributed by atoms with Gasteiger partial charge in [-0.2, -0.15) is 4.98 Å². The Kier molecular flexibility index (Phi) is 3.62. The first-order chi connectivity index (χ1) is 8.69. The number of methoxy groups -OCH3 is 1. The fourth-order valence-corrected chi connectivity index (χ4v) is 1.59. The summed E-state index contributed by atoms with van der Waals surface area (Å²) in [5, 5.41) is 3.18. The fourth-order valence-electron chi connectivity index (χ4n) is 1.59. The van der Waals surface area contributed by atoms with Crippen LogP contribution in [0, 0.1) is 6.92 Å². The topological polar surface area (TPSA) is 73.1 Å². The molecule has 0 unspecified atom stereocenters. The van der Waals surface area contributed by atoms with E-state index < -0.39 is 0 Å². The van der Waals surface area contributed by atoms with E-state index in [0.29, 0.717) is 23.9 Å². The van der Waals surface area contributed by atoms with Crippen LogP contribution in [0.4, 0.5) is 11.5 Å². The van der Waals surface area contributed by atoms with Gasteiger partial charge < -0.3 is 15.8 Å². The molecule has 0 aliphatic rings. The summed E-state index contributed by atoms with van der Waals surface area (Å²) in [5.74, 6) is 1.14. The number of nitrogens with zero attached hydrogens (tertiary/aromatic N) is 2. The zero-order valence-corrected chi connectivity index (χ0v) is 10.5. The number of nitrogen functional groups attached to an aromatic ring is 1. The molecule has 5 heteroatoms. The van der Waals surface area contributed by atoms with E-state index in [-0.39, 0.29) is 0 Å². The lowest BCUT2D eigenvalue weighted by Gasteiger charge is -2.08. The number of aromatic nitrogens is 2. The average Bonchev–Trinajstić information content (AvgIpc) is 2.38. The number of ether oxygens (including phenoxy) is 1. The fraction of sp³-hybridized carbons (Fsp3) is 0.231. The summed E-state index contributed by atoms with van der Waals surface area (Å²) in [6.07, 6.45) is 0. The van der Waals surface area contributed by atoms with Crippen LogP contribution in [-0.2, 0) is 6.54 Å². The summed E-state index contributed by atoms with van der Waals surface area (Å²) >= 11 is 0. The average molecular weight is 244 g/mol. The molecule has 0 radical (unpaired) electrons. The van der Waals surface area contributed by atoms with Gasteiger partial charge in [0.2, 0.25) is 5.88 Å². The van der Waals surface area contributed by atoms with E-state index in [9.17, 15) is 0 Å². The first kappa shape index (κ1) is 12.2. The molecule has 0 aliphatic carbocycles. The van der Waals surface area contributed by atoms with Crippen LogP contribution in [0.5, 0.6) is 5.88 Å². The third-order valence-corrected chi connectivity index (χ3v) is 2.48. The number of hydrogen-bond acceptors (Lipinski definition) is 5. The van der Waals surface area contributed by atoms with Gasteiger partial charge in [0.1, 0.15) is 5.82 Å². The van der Waals surface area contributed by atoms with E-state index in [0.717, 1.165) is 11.4 Å². The number of nitrogens with one attached hydrogen (secondary N) is 1. The monoisotopic (exact) mass is 244 g/mol. The molecular formula is C13H16N4O. The third kappa shape index (κ3) is 2.88. The van der Waals surface area contributed by atoms with Gasteiger partial charge in [-0.25, -0.2) is 0 Å². The molecular weight excluding hydrogens is 228 g/mol. The molecule has 18 heavy (non-hydrogen) atoms. The van der Waals surface area contributed by atoms with Crippen LogP contribution in [0.15, 0.2) is 30.3 Å². The molecule has 0 atom stereocenters. The lowest BCUT2D eigenvalue weighted by Crippen LogP contribution is -2.05. The predicted molar refractivity (Wildman–Crippen MR) is 71.5 cm³/mol. The van der Waals surface area contributed by atoms with Gasteiger partial charge in [-0.3, -0.25) is 4.98 Å². The normalized spacial score (nSPS) is 10.1. The largest absolute Gasteiger partial charge is 0.479 e. The molecule has 2 aromatic heterocycles. The first-order valence-electron chi connectivity index (χ1n) is 5.66. The van der Waals surface area contributed by atoms with Gasteiger partial charge in [0.25, 0.3) is 0 Å². The van der Waals surface area contributed by atoms with Gasteiger partial charge in [0.15, 0.2) is 0 Å². The van der Waals surface area contributed by atoms with Crippen LogP contribution in [0.25, 0.3) is 0 Å². The lowest BCUT2D eigenvalue weighted by atomic mass is 10.3. The predicted octanol–water partition coefficient (Wildman–Crippen LogP) is 1.99. The van der Waals surface area contributed by atoms with Crippen molar-refractivity contribution in [2.24, 2.45) is 0 Å². The number of pyridine rings is 2. The summed E-state index contributed by atoms with van der Waals surface area (Å²) < 4.78 is 5.07. The van der Waals surface area contributed by atoms with Crippen molar-refractivity contribution in [3.63, 3.8) is 0 Å². The van der Waals surface area contributed by atoms with Crippen molar-refractivity contribution in [3.8, 4) is 5.88 Å². The Bertz CT molecular complexity index is 542. The Morgan fingerprint density at radius 1 is 1.22 bits per heavy atom. The summed E-state index contributed by atoms with van der Waals surface area (Å²) in [6, 6.07) is 9.49. The smallest absolute Gasteiger partial charge is 0.238 e. The molecule has 2 rings (SSSR count). The number of rotatable bonds is 4. The molecule has 2 aromatic rings. The minimum atomic E-state index is 0.428. The molecule has 2 heterocycles. The van der Waals surface area contributed by atoms with Gasteiger partial charge in [0, 0.05) is 5.69 Å². The van der Waals surface area contributed by atoms with E-state index in [1.807, 2.05) is 31.2 Å². The van der Waals surface area contributed by atoms with Crippen molar-refractivity contribution in [1.82, 2.24) is 9.97 Å². The van der Waals surface area contributed by atoms with Crippen molar-refractivity contribution in [2.45, 2.75) is 13.5 Å². The highest BCUT2D eigenvalue weighted by atomic mass is 16.5. The van der Waals surface area contributed by atoms with Gasteiger partial charge in [-0.1, -0.05) is 6.07 Å². The van der Waals surface area contributed by atoms with Gasteiger partial charge in [-0.05, 0) is 31.2 Å². The maximum absolute atomic E-state index is 5.70.